The van der Waals surface area contributed by atoms with Gasteiger partial charge >= 0.3 is 0 Å². The molecule has 0 amide bonds. The molecule has 0 aromatic carbocycles. The molecule has 92 valence electrons. The Kier molecular flexibility index (Phi) is 2.43. The molecule has 16 heavy (non-hydrogen) atoms. The summed E-state index contributed by atoms with van der Waals surface area (Å²) in [6.07, 6.45) is 7.74. The second-order valence-corrected chi connectivity index (χ2v) is 7.77. The lowest BCUT2D eigenvalue weighted by Crippen LogP contribution is -2.14. The summed E-state index contributed by atoms with van der Waals surface area (Å²) in [7, 11) is 0. The van der Waals surface area contributed by atoms with Gasteiger partial charge in [0.15, 0.2) is 0 Å². The number of fused-ring (bicyclic) bond motifs is 2. The van der Waals surface area contributed by atoms with Crippen LogP contribution in [0.2, 0.25) is 0 Å². The molecular weight excluding hydrogens is 192 g/mol. The summed E-state index contributed by atoms with van der Waals surface area (Å²) in [5, 5.41) is 0. The fraction of sp³-hybridized carbons (Fsp3) is 1.00. The third kappa shape index (κ3) is 1.73. The van der Waals surface area contributed by atoms with E-state index in [0.29, 0.717) is 0 Å². The van der Waals surface area contributed by atoms with E-state index in [1.807, 2.05) is 0 Å². The fourth-order valence-corrected chi connectivity index (χ4v) is 4.43. The molecule has 3 aliphatic rings. The Morgan fingerprint density at radius 1 is 1.00 bits per heavy atom. The van der Waals surface area contributed by atoms with Crippen LogP contribution in [0, 0.1) is 40.9 Å². The summed E-state index contributed by atoms with van der Waals surface area (Å²) < 4.78 is 0. The van der Waals surface area contributed by atoms with Crippen molar-refractivity contribution in [3.63, 3.8) is 0 Å². The molecule has 6 atom stereocenters. The largest absolute Gasteiger partial charge is 0.0625 e. The van der Waals surface area contributed by atoms with Crippen molar-refractivity contribution in [3.05, 3.63) is 0 Å². The van der Waals surface area contributed by atoms with E-state index in [1.165, 1.54) is 6.42 Å². The molecular formula is C16H28. The monoisotopic (exact) mass is 220 g/mol. The van der Waals surface area contributed by atoms with E-state index in [4.69, 9.17) is 0 Å². The minimum absolute atomic E-state index is 0.741. The number of hydrogen-bond donors (Lipinski definition) is 0. The summed E-state index contributed by atoms with van der Waals surface area (Å²) in [6, 6.07) is 0. The van der Waals surface area contributed by atoms with Gasteiger partial charge in [0.05, 0.1) is 0 Å². The van der Waals surface area contributed by atoms with Crippen molar-refractivity contribution in [1.29, 1.82) is 0 Å². The Labute approximate surface area is 101 Å². The van der Waals surface area contributed by atoms with Crippen LogP contribution in [0.25, 0.3) is 0 Å². The molecule has 3 saturated carbocycles. The molecule has 0 aliphatic heterocycles. The fourth-order valence-electron chi connectivity index (χ4n) is 4.43. The smallest absolute Gasteiger partial charge is 0.0269 e. The summed E-state index contributed by atoms with van der Waals surface area (Å²) in [5.41, 5.74) is 0.741. The van der Waals surface area contributed by atoms with Crippen molar-refractivity contribution in [1.82, 2.24) is 0 Å². The Hall–Kier alpha value is 0. The van der Waals surface area contributed by atoms with Gasteiger partial charge in [-0.05, 0) is 73.0 Å². The predicted octanol–water partition coefficient (Wildman–Crippen LogP) is 4.74. The molecule has 0 saturated heterocycles. The van der Waals surface area contributed by atoms with Crippen LogP contribution >= 0.6 is 0 Å². The van der Waals surface area contributed by atoms with Crippen molar-refractivity contribution >= 4 is 0 Å². The lowest BCUT2D eigenvalue weighted by molar-refractivity contribution is 0.268. The van der Waals surface area contributed by atoms with E-state index >= 15 is 0 Å². The highest BCUT2D eigenvalue weighted by Crippen LogP contribution is 2.65. The molecule has 3 fully saturated rings. The van der Waals surface area contributed by atoms with Crippen LogP contribution in [0.15, 0.2) is 0 Å². The summed E-state index contributed by atoms with van der Waals surface area (Å²) in [4.78, 5) is 0. The Balaban J connectivity index is 1.75. The SMILES string of the molecule is CC(C)C1CC2CC2CC(C)C2(C)CC2C1. The highest BCUT2D eigenvalue weighted by molar-refractivity contribution is 5.06. The van der Waals surface area contributed by atoms with Gasteiger partial charge in [0, 0.05) is 0 Å². The molecule has 0 aromatic heterocycles. The zero-order valence-corrected chi connectivity index (χ0v) is 11.5. The van der Waals surface area contributed by atoms with Gasteiger partial charge in [0.2, 0.25) is 0 Å². The molecule has 0 heteroatoms. The van der Waals surface area contributed by atoms with Crippen LogP contribution < -0.4 is 0 Å². The minimum atomic E-state index is 0.741. The molecule has 0 spiro atoms. The first-order chi connectivity index (χ1) is 7.50. The molecule has 6 unspecified atom stereocenters. The topological polar surface area (TPSA) is 0 Å². The van der Waals surface area contributed by atoms with Crippen molar-refractivity contribution in [2.75, 3.05) is 0 Å². The molecule has 3 rings (SSSR count). The summed E-state index contributed by atoms with van der Waals surface area (Å²) in [5.74, 6) is 6.26. The molecule has 0 aromatic rings. The van der Waals surface area contributed by atoms with Crippen molar-refractivity contribution in [2.24, 2.45) is 40.9 Å². The summed E-state index contributed by atoms with van der Waals surface area (Å²) in [6.45, 7) is 10.00. The minimum Gasteiger partial charge on any atom is -0.0625 e. The van der Waals surface area contributed by atoms with E-state index in [1.54, 1.807) is 25.7 Å². The van der Waals surface area contributed by atoms with E-state index in [9.17, 15) is 0 Å². The predicted molar refractivity (Wildman–Crippen MR) is 69.2 cm³/mol. The van der Waals surface area contributed by atoms with Crippen LogP contribution in [0.5, 0.6) is 0 Å². The first kappa shape index (κ1) is 11.1. The number of hydrogen-bond acceptors (Lipinski definition) is 0. The van der Waals surface area contributed by atoms with Crippen LogP contribution in [0.1, 0.15) is 59.8 Å². The third-order valence-electron chi connectivity index (χ3n) is 6.45. The van der Waals surface area contributed by atoms with E-state index in [0.717, 1.165) is 40.9 Å². The highest BCUT2D eigenvalue weighted by Gasteiger charge is 2.56. The lowest BCUT2D eigenvalue weighted by Gasteiger charge is -2.23. The van der Waals surface area contributed by atoms with Crippen LogP contribution in [-0.4, -0.2) is 0 Å². The molecule has 0 N–H and O–H groups in total. The van der Waals surface area contributed by atoms with Crippen LogP contribution in [-0.2, 0) is 0 Å². The Morgan fingerprint density at radius 2 is 1.69 bits per heavy atom. The average Bonchev–Trinajstić information content (AvgIpc) is 3.06. The second-order valence-electron chi connectivity index (χ2n) is 7.77. The first-order valence-electron chi connectivity index (χ1n) is 7.50. The van der Waals surface area contributed by atoms with E-state index < -0.39 is 0 Å². The maximum absolute atomic E-state index is 2.57. The lowest BCUT2D eigenvalue weighted by atomic mass is 9.82. The van der Waals surface area contributed by atoms with E-state index in [-0.39, 0.29) is 0 Å². The molecule has 0 nitrogen and oxygen atoms in total. The molecule has 3 aliphatic carbocycles. The highest BCUT2D eigenvalue weighted by atomic mass is 14.6. The van der Waals surface area contributed by atoms with Crippen molar-refractivity contribution < 1.29 is 0 Å². The maximum Gasteiger partial charge on any atom is -0.0269 e. The zero-order chi connectivity index (χ0) is 11.5. The summed E-state index contributed by atoms with van der Waals surface area (Å²) >= 11 is 0. The standard InChI is InChI=1S/C16H28/c1-10(2)12-6-14-7-13(14)5-11(3)16(4)9-15(16)8-12/h10-15H,5-9H2,1-4H3. The Morgan fingerprint density at radius 3 is 2.38 bits per heavy atom. The van der Waals surface area contributed by atoms with Gasteiger partial charge in [-0.25, -0.2) is 0 Å². The van der Waals surface area contributed by atoms with Gasteiger partial charge in [-0.1, -0.05) is 27.7 Å². The molecule has 0 heterocycles. The van der Waals surface area contributed by atoms with Gasteiger partial charge in [-0.15, -0.1) is 0 Å². The molecule has 0 radical (unpaired) electrons. The van der Waals surface area contributed by atoms with E-state index in [2.05, 4.69) is 27.7 Å². The second kappa shape index (κ2) is 3.50. The van der Waals surface area contributed by atoms with Gasteiger partial charge in [-0.2, -0.15) is 0 Å². The number of rotatable bonds is 1. The Bertz CT molecular complexity index is 278. The molecule has 0 bridgehead atoms. The van der Waals surface area contributed by atoms with Gasteiger partial charge in [-0.3, -0.25) is 0 Å². The van der Waals surface area contributed by atoms with Crippen molar-refractivity contribution in [3.8, 4) is 0 Å². The first-order valence-corrected chi connectivity index (χ1v) is 7.50. The van der Waals surface area contributed by atoms with Gasteiger partial charge < -0.3 is 0 Å². The van der Waals surface area contributed by atoms with Gasteiger partial charge in [0.1, 0.15) is 0 Å². The van der Waals surface area contributed by atoms with Gasteiger partial charge in [0.25, 0.3) is 0 Å². The normalized spacial score (nSPS) is 55.7. The quantitative estimate of drug-likeness (QED) is 0.598. The van der Waals surface area contributed by atoms with Crippen molar-refractivity contribution in [2.45, 2.75) is 59.8 Å². The third-order valence-corrected chi connectivity index (χ3v) is 6.45. The van der Waals surface area contributed by atoms with Crippen LogP contribution in [0.3, 0.4) is 0 Å². The maximum atomic E-state index is 2.57. The zero-order valence-electron chi connectivity index (χ0n) is 11.5. The average molecular weight is 220 g/mol. The van der Waals surface area contributed by atoms with Crippen LogP contribution in [0.4, 0.5) is 0 Å².